The first-order valence-electron chi connectivity index (χ1n) is 5.67. The van der Waals surface area contributed by atoms with E-state index in [-0.39, 0.29) is 0 Å². The van der Waals surface area contributed by atoms with Crippen molar-refractivity contribution >= 4 is 23.0 Å². The topological polar surface area (TPSA) is 24.1 Å². The van der Waals surface area contributed by atoms with Crippen LogP contribution in [0.15, 0.2) is 18.2 Å². The van der Waals surface area contributed by atoms with Gasteiger partial charge in [-0.25, -0.2) is 8.78 Å². The van der Waals surface area contributed by atoms with Crippen LogP contribution in [-0.4, -0.2) is 11.2 Å². The van der Waals surface area contributed by atoms with Gasteiger partial charge >= 0.3 is 0 Å². The summed E-state index contributed by atoms with van der Waals surface area (Å²) < 4.78 is 25.9. The second-order valence-electron chi connectivity index (χ2n) is 4.24. The summed E-state index contributed by atoms with van der Waals surface area (Å²) in [5.74, 6) is -1.23. The van der Waals surface area contributed by atoms with Crippen molar-refractivity contribution in [3.8, 4) is 0 Å². The third-order valence-corrected chi connectivity index (χ3v) is 3.03. The maximum absolute atomic E-state index is 12.9. The molecule has 0 aliphatic heterocycles. The Morgan fingerprint density at radius 1 is 1.12 bits per heavy atom. The molecule has 2 rings (SSSR count). The lowest BCUT2D eigenvalue weighted by atomic mass is 10.2. The highest BCUT2D eigenvalue weighted by molar-refractivity contribution is 7.80. The number of rotatable bonds is 2. The van der Waals surface area contributed by atoms with Crippen LogP contribution in [0.3, 0.4) is 0 Å². The smallest absolute Gasteiger partial charge is 0.170 e. The third kappa shape index (κ3) is 3.63. The zero-order chi connectivity index (χ0) is 12.3. The maximum Gasteiger partial charge on any atom is 0.170 e. The molecule has 0 spiro atoms. The molecule has 2 nitrogen and oxygen atoms in total. The zero-order valence-corrected chi connectivity index (χ0v) is 10.1. The van der Waals surface area contributed by atoms with E-state index in [0.717, 1.165) is 18.9 Å². The molecule has 1 saturated carbocycles. The molecule has 17 heavy (non-hydrogen) atoms. The minimum absolute atomic E-state index is 0.331. The van der Waals surface area contributed by atoms with E-state index in [0.29, 0.717) is 16.8 Å². The highest BCUT2D eigenvalue weighted by atomic mass is 32.1. The van der Waals surface area contributed by atoms with E-state index >= 15 is 0 Å². The van der Waals surface area contributed by atoms with Gasteiger partial charge in [0.05, 0.1) is 0 Å². The van der Waals surface area contributed by atoms with Crippen molar-refractivity contribution in [2.45, 2.75) is 31.7 Å². The highest BCUT2D eigenvalue weighted by Gasteiger charge is 2.15. The first-order chi connectivity index (χ1) is 8.13. The number of nitrogens with one attached hydrogen (secondary N) is 2. The number of anilines is 1. The van der Waals surface area contributed by atoms with Gasteiger partial charge in [-0.05, 0) is 37.2 Å². The summed E-state index contributed by atoms with van der Waals surface area (Å²) in [6, 6.07) is 3.64. The Hall–Kier alpha value is -1.23. The van der Waals surface area contributed by atoms with Crippen molar-refractivity contribution in [3.05, 3.63) is 29.8 Å². The van der Waals surface area contributed by atoms with Crippen LogP contribution >= 0.6 is 12.2 Å². The summed E-state index contributed by atoms with van der Waals surface area (Å²) in [6.45, 7) is 0. The minimum atomic E-state index is -0.615. The Labute approximate surface area is 104 Å². The predicted octanol–water partition coefficient (Wildman–Crippen LogP) is 3.19. The van der Waals surface area contributed by atoms with Gasteiger partial charge in [0.15, 0.2) is 5.11 Å². The summed E-state index contributed by atoms with van der Waals surface area (Å²) in [6.07, 6.45) is 4.60. The molecule has 0 bridgehead atoms. The first kappa shape index (κ1) is 12.2. The standard InChI is InChI=1S/C12H14F2N2S/c13-8-5-9(14)7-11(6-8)16-12(17)15-10-3-1-2-4-10/h5-7,10H,1-4H2,(H2,15,16,17). The normalized spacial score (nSPS) is 15.9. The monoisotopic (exact) mass is 256 g/mol. The van der Waals surface area contributed by atoms with Crippen molar-refractivity contribution in [2.75, 3.05) is 5.32 Å². The second kappa shape index (κ2) is 5.40. The summed E-state index contributed by atoms with van der Waals surface area (Å²) in [4.78, 5) is 0. The highest BCUT2D eigenvalue weighted by Crippen LogP contribution is 2.18. The van der Waals surface area contributed by atoms with Gasteiger partial charge in [0.1, 0.15) is 11.6 Å². The molecule has 1 aromatic carbocycles. The molecular formula is C12H14F2N2S. The van der Waals surface area contributed by atoms with Crippen molar-refractivity contribution in [2.24, 2.45) is 0 Å². The van der Waals surface area contributed by atoms with E-state index < -0.39 is 11.6 Å². The van der Waals surface area contributed by atoms with Gasteiger partial charge in [-0.15, -0.1) is 0 Å². The number of thiocarbonyl (C=S) groups is 1. The van der Waals surface area contributed by atoms with Gasteiger partial charge in [0, 0.05) is 17.8 Å². The Bertz CT molecular complexity index is 397. The fraction of sp³-hybridized carbons (Fsp3) is 0.417. The molecule has 0 aromatic heterocycles. The van der Waals surface area contributed by atoms with E-state index in [9.17, 15) is 8.78 Å². The number of hydrogen-bond donors (Lipinski definition) is 2. The van der Waals surface area contributed by atoms with Crippen LogP contribution in [0.2, 0.25) is 0 Å². The number of halogens is 2. The Kier molecular flexibility index (Phi) is 3.89. The summed E-state index contributed by atoms with van der Waals surface area (Å²) >= 11 is 5.09. The van der Waals surface area contributed by atoms with E-state index in [1.165, 1.54) is 25.0 Å². The van der Waals surface area contributed by atoms with Crippen LogP contribution in [0.4, 0.5) is 14.5 Å². The van der Waals surface area contributed by atoms with Crippen molar-refractivity contribution in [1.82, 2.24) is 5.32 Å². The Morgan fingerprint density at radius 2 is 1.71 bits per heavy atom. The average molecular weight is 256 g/mol. The molecule has 1 aromatic rings. The quantitative estimate of drug-likeness (QED) is 0.795. The predicted molar refractivity (Wildman–Crippen MR) is 68.0 cm³/mol. The lowest BCUT2D eigenvalue weighted by Gasteiger charge is -2.15. The largest absolute Gasteiger partial charge is 0.360 e. The molecule has 0 atom stereocenters. The lowest BCUT2D eigenvalue weighted by molar-refractivity contribution is 0.584. The van der Waals surface area contributed by atoms with Gasteiger partial charge in [-0.2, -0.15) is 0 Å². The third-order valence-electron chi connectivity index (χ3n) is 2.81. The molecule has 1 fully saturated rings. The molecular weight excluding hydrogens is 242 g/mol. The van der Waals surface area contributed by atoms with E-state index in [1.54, 1.807) is 0 Å². The van der Waals surface area contributed by atoms with Gasteiger partial charge in [-0.3, -0.25) is 0 Å². The van der Waals surface area contributed by atoms with Crippen molar-refractivity contribution < 1.29 is 8.78 Å². The zero-order valence-electron chi connectivity index (χ0n) is 9.30. The summed E-state index contributed by atoms with van der Waals surface area (Å²) in [5.41, 5.74) is 0.331. The summed E-state index contributed by atoms with van der Waals surface area (Å²) in [7, 11) is 0. The van der Waals surface area contributed by atoms with Crippen molar-refractivity contribution in [1.29, 1.82) is 0 Å². The fourth-order valence-electron chi connectivity index (χ4n) is 2.05. The van der Waals surface area contributed by atoms with Crippen LogP contribution in [0.5, 0.6) is 0 Å². The molecule has 92 valence electrons. The average Bonchev–Trinajstić information content (AvgIpc) is 2.67. The Morgan fingerprint density at radius 3 is 2.29 bits per heavy atom. The molecule has 1 aliphatic carbocycles. The van der Waals surface area contributed by atoms with Crippen molar-refractivity contribution in [3.63, 3.8) is 0 Å². The molecule has 0 heterocycles. The van der Waals surface area contributed by atoms with Gasteiger partial charge in [0.2, 0.25) is 0 Å². The van der Waals surface area contributed by atoms with Gasteiger partial charge in [0.25, 0.3) is 0 Å². The van der Waals surface area contributed by atoms with Crippen LogP contribution in [0.1, 0.15) is 25.7 Å². The van der Waals surface area contributed by atoms with Crippen LogP contribution in [0.25, 0.3) is 0 Å². The van der Waals surface area contributed by atoms with Crippen LogP contribution in [-0.2, 0) is 0 Å². The minimum Gasteiger partial charge on any atom is -0.360 e. The molecule has 0 radical (unpaired) electrons. The molecule has 5 heteroatoms. The second-order valence-corrected chi connectivity index (χ2v) is 4.65. The van der Waals surface area contributed by atoms with E-state index in [1.807, 2.05) is 0 Å². The molecule has 2 N–H and O–H groups in total. The molecule has 0 amide bonds. The molecule has 0 unspecified atom stereocenters. The van der Waals surface area contributed by atoms with Gasteiger partial charge in [-0.1, -0.05) is 12.8 Å². The fourth-order valence-corrected chi connectivity index (χ4v) is 2.33. The number of hydrogen-bond acceptors (Lipinski definition) is 1. The molecule has 0 saturated heterocycles. The lowest BCUT2D eigenvalue weighted by Crippen LogP contribution is -2.35. The van der Waals surface area contributed by atoms with E-state index in [2.05, 4.69) is 10.6 Å². The van der Waals surface area contributed by atoms with E-state index in [4.69, 9.17) is 12.2 Å². The van der Waals surface area contributed by atoms with Crippen LogP contribution < -0.4 is 10.6 Å². The summed E-state index contributed by atoms with van der Waals surface area (Å²) in [5, 5.41) is 6.35. The van der Waals surface area contributed by atoms with Crippen LogP contribution in [0, 0.1) is 11.6 Å². The first-order valence-corrected chi connectivity index (χ1v) is 6.08. The SMILES string of the molecule is Fc1cc(F)cc(NC(=S)NC2CCCC2)c1. The van der Waals surface area contributed by atoms with Gasteiger partial charge < -0.3 is 10.6 Å². The molecule has 1 aliphatic rings. The maximum atomic E-state index is 12.9. The Balaban J connectivity index is 1.92. The number of benzene rings is 1.